The van der Waals surface area contributed by atoms with Crippen LogP contribution in [0, 0.1) is 0 Å². The Morgan fingerprint density at radius 2 is 2.00 bits per heavy atom. The molecule has 186 valence electrons. The smallest absolute Gasteiger partial charge is 0.414 e. The van der Waals surface area contributed by atoms with E-state index in [1.54, 1.807) is 12.0 Å². The summed E-state index contributed by atoms with van der Waals surface area (Å²) in [6.45, 7) is 4.54. The van der Waals surface area contributed by atoms with Crippen molar-refractivity contribution in [1.29, 1.82) is 0 Å². The highest BCUT2D eigenvalue weighted by Crippen LogP contribution is 2.35. The number of benzene rings is 1. The van der Waals surface area contributed by atoms with Crippen molar-refractivity contribution >= 4 is 51.9 Å². The number of cyclic esters (lactones) is 1. The van der Waals surface area contributed by atoms with Crippen LogP contribution in [0.5, 0.6) is 5.88 Å². The van der Waals surface area contributed by atoms with Crippen LogP contribution in [0.3, 0.4) is 0 Å². The lowest BCUT2D eigenvalue weighted by Gasteiger charge is -2.36. The predicted octanol–water partition coefficient (Wildman–Crippen LogP) is 2.83. The number of nitrogens with one attached hydrogen (secondary N) is 1. The summed E-state index contributed by atoms with van der Waals surface area (Å²) < 4.78 is 11.0. The maximum Gasteiger partial charge on any atom is 0.414 e. The summed E-state index contributed by atoms with van der Waals surface area (Å²) in [6.07, 6.45) is 1.25. The third-order valence-electron chi connectivity index (χ3n) is 6.70. The molecule has 2 amide bonds. The van der Waals surface area contributed by atoms with Crippen LogP contribution >= 0.6 is 11.8 Å². The molecule has 2 fully saturated rings. The Hall–Kier alpha value is -3.57. The number of nitrogens with zero attached hydrogens (tertiary/aromatic N) is 5. The molecule has 2 saturated heterocycles. The molecular formula is C25H26N6O4S. The molecule has 5 heterocycles. The van der Waals surface area contributed by atoms with E-state index in [9.17, 15) is 9.59 Å². The number of piperazine rings is 1. The van der Waals surface area contributed by atoms with Crippen molar-refractivity contribution in [1.82, 2.24) is 14.9 Å². The summed E-state index contributed by atoms with van der Waals surface area (Å²) in [7, 11) is 1.61. The maximum atomic E-state index is 12.6. The summed E-state index contributed by atoms with van der Waals surface area (Å²) in [4.78, 5) is 40.7. The first-order valence-corrected chi connectivity index (χ1v) is 12.9. The fourth-order valence-electron chi connectivity index (χ4n) is 4.89. The molecule has 1 aromatic carbocycles. The van der Waals surface area contributed by atoms with Gasteiger partial charge in [0.1, 0.15) is 11.6 Å². The van der Waals surface area contributed by atoms with Gasteiger partial charge >= 0.3 is 6.09 Å². The quantitative estimate of drug-likeness (QED) is 0.560. The third-order valence-corrected chi connectivity index (χ3v) is 7.78. The van der Waals surface area contributed by atoms with Gasteiger partial charge in [0, 0.05) is 55.6 Å². The Bertz CT molecular complexity index is 1330. The van der Waals surface area contributed by atoms with Crippen molar-refractivity contribution in [2.75, 3.05) is 67.2 Å². The van der Waals surface area contributed by atoms with Gasteiger partial charge in [0.2, 0.25) is 11.8 Å². The summed E-state index contributed by atoms with van der Waals surface area (Å²) in [5.74, 6) is 0.957. The number of hydrogen-bond acceptors (Lipinski definition) is 9. The minimum Gasteiger partial charge on any atom is -0.481 e. The van der Waals surface area contributed by atoms with Gasteiger partial charge in [-0.3, -0.25) is 19.6 Å². The number of aromatic nitrogens is 2. The van der Waals surface area contributed by atoms with Crippen molar-refractivity contribution in [3.05, 3.63) is 42.6 Å². The number of fused-ring (bicyclic) bond motifs is 2. The first-order chi connectivity index (χ1) is 17.6. The van der Waals surface area contributed by atoms with Crippen molar-refractivity contribution in [2.24, 2.45) is 0 Å². The van der Waals surface area contributed by atoms with E-state index >= 15 is 0 Å². The van der Waals surface area contributed by atoms with Crippen LogP contribution in [-0.2, 0) is 9.53 Å². The van der Waals surface area contributed by atoms with Crippen LogP contribution in [0.1, 0.15) is 0 Å². The summed E-state index contributed by atoms with van der Waals surface area (Å²) in [5.41, 5.74) is 4.22. The number of pyridine rings is 2. The molecule has 6 rings (SSSR count). The molecule has 0 saturated carbocycles. The summed E-state index contributed by atoms with van der Waals surface area (Å²) in [6, 6.07) is 11.5. The van der Waals surface area contributed by atoms with Crippen LogP contribution in [0.2, 0.25) is 0 Å². The molecule has 0 radical (unpaired) electrons. The van der Waals surface area contributed by atoms with E-state index in [-0.39, 0.29) is 18.1 Å². The highest BCUT2D eigenvalue weighted by Gasteiger charge is 2.35. The van der Waals surface area contributed by atoms with Gasteiger partial charge in [-0.1, -0.05) is 0 Å². The second-order valence-corrected chi connectivity index (χ2v) is 9.99. The lowest BCUT2D eigenvalue weighted by molar-refractivity contribution is -0.113. The lowest BCUT2D eigenvalue weighted by atomic mass is 10.2. The van der Waals surface area contributed by atoms with E-state index in [0.29, 0.717) is 24.7 Å². The third kappa shape index (κ3) is 4.40. The number of amides is 2. The number of anilines is 3. The molecule has 10 nitrogen and oxygen atoms in total. The molecule has 0 aliphatic carbocycles. The number of thioether (sulfide) groups is 1. The van der Waals surface area contributed by atoms with E-state index in [0.717, 1.165) is 59.2 Å². The summed E-state index contributed by atoms with van der Waals surface area (Å²) in [5, 5.41) is 2.88. The van der Waals surface area contributed by atoms with Gasteiger partial charge in [-0.25, -0.2) is 9.78 Å². The molecule has 36 heavy (non-hydrogen) atoms. The highest BCUT2D eigenvalue weighted by atomic mass is 32.2. The normalized spacial score (nSPS) is 20.3. The van der Waals surface area contributed by atoms with Crippen molar-refractivity contribution in [3.8, 4) is 5.88 Å². The van der Waals surface area contributed by atoms with Crippen molar-refractivity contribution < 1.29 is 19.1 Å². The number of ether oxygens (including phenoxy) is 2. The van der Waals surface area contributed by atoms with Gasteiger partial charge in [0.15, 0.2) is 0 Å². The minimum atomic E-state index is -0.350. The number of carbonyl (C=O) groups is 2. The van der Waals surface area contributed by atoms with Gasteiger partial charge in [0.25, 0.3) is 0 Å². The second-order valence-electron chi connectivity index (χ2n) is 8.97. The predicted molar refractivity (Wildman–Crippen MR) is 138 cm³/mol. The Labute approximate surface area is 212 Å². The van der Waals surface area contributed by atoms with Gasteiger partial charge in [-0.2, -0.15) is 0 Å². The molecule has 3 aliphatic heterocycles. The van der Waals surface area contributed by atoms with Gasteiger partial charge in [0.05, 0.1) is 36.3 Å². The second kappa shape index (κ2) is 9.47. The first kappa shape index (κ1) is 22.9. The first-order valence-electron chi connectivity index (χ1n) is 11.9. The van der Waals surface area contributed by atoms with Crippen LogP contribution in [0.15, 0.2) is 47.5 Å². The topological polar surface area (TPSA) is 100 Å². The van der Waals surface area contributed by atoms with Crippen LogP contribution in [0.4, 0.5) is 21.9 Å². The van der Waals surface area contributed by atoms with E-state index in [1.807, 2.05) is 42.6 Å². The fourth-order valence-corrected chi connectivity index (χ4v) is 5.68. The van der Waals surface area contributed by atoms with E-state index in [1.165, 1.54) is 11.8 Å². The Morgan fingerprint density at radius 1 is 1.14 bits per heavy atom. The molecule has 0 bridgehead atoms. The number of methoxy groups -OCH3 is 1. The van der Waals surface area contributed by atoms with Crippen molar-refractivity contribution in [3.63, 3.8) is 0 Å². The van der Waals surface area contributed by atoms with E-state index in [4.69, 9.17) is 9.47 Å². The van der Waals surface area contributed by atoms with Gasteiger partial charge < -0.3 is 19.7 Å². The monoisotopic (exact) mass is 506 g/mol. The number of hydrogen-bond donors (Lipinski definition) is 1. The standard InChI is InChI=1S/C25H26N6O4S/c1-34-23-5-3-18-24(28-23)20(6-7-26-18)30-10-8-29(9-11-30)13-17-14-31(25(33)35-17)16-2-4-21-19(12-16)27-22(32)15-36-21/h2-7,12,17H,8-11,13-15H2,1H3,(H,27,32). The molecule has 1 unspecified atom stereocenters. The highest BCUT2D eigenvalue weighted by molar-refractivity contribution is 8.00. The van der Waals surface area contributed by atoms with Gasteiger partial charge in [-0.15, -0.1) is 11.8 Å². The van der Waals surface area contributed by atoms with E-state index in [2.05, 4.69) is 25.1 Å². The Kier molecular flexibility index (Phi) is 6.02. The van der Waals surface area contributed by atoms with Gasteiger partial charge in [-0.05, 0) is 30.3 Å². The average Bonchev–Trinajstić information content (AvgIpc) is 3.27. The Balaban J connectivity index is 1.08. The molecule has 1 atom stereocenters. The van der Waals surface area contributed by atoms with E-state index < -0.39 is 0 Å². The van der Waals surface area contributed by atoms with Crippen LogP contribution in [-0.4, -0.2) is 85.1 Å². The maximum absolute atomic E-state index is 12.6. The largest absolute Gasteiger partial charge is 0.481 e. The molecular weight excluding hydrogens is 480 g/mol. The average molecular weight is 507 g/mol. The zero-order chi connectivity index (χ0) is 24.6. The zero-order valence-electron chi connectivity index (χ0n) is 19.8. The molecule has 2 aromatic heterocycles. The van der Waals surface area contributed by atoms with Crippen LogP contribution in [0.25, 0.3) is 11.0 Å². The van der Waals surface area contributed by atoms with Crippen molar-refractivity contribution in [2.45, 2.75) is 11.0 Å². The fraction of sp³-hybridized carbons (Fsp3) is 0.360. The minimum absolute atomic E-state index is 0.0275. The molecule has 1 N–H and O–H groups in total. The lowest BCUT2D eigenvalue weighted by Crippen LogP contribution is -2.49. The molecule has 11 heteroatoms. The number of carbonyl (C=O) groups excluding carboxylic acids is 2. The van der Waals surface area contributed by atoms with Crippen LogP contribution < -0.4 is 19.9 Å². The Morgan fingerprint density at radius 3 is 2.83 bits per heavy atom. The SMILES string of the molecule is COc1ccc2nccc(N3CCN(CC4CN(c5ccc6c(c5)NC(=O)CS6)C(=O)O4)CC3)c2n1. The molecule has 3 aliphatic rings. The molecule has 0 spiro atoms. The zero-order valence-corrected chi connectivity index (χ0v) is 20.7. The molecule has 3 aromatic rings. The summed E-state index contributed by atoms with van der Waals surface area (Å²) >= 11 is 1.50. The number of rotatable bonds is 5.